The third-order valence-electron chi connectivity index (χ3n) is 3.52. The molecule has 0 radical (unpaired) electrons. The summed E-state index contributed by atoms with van der Waals surface area (Å²) < 4.78 is 37.4. The Bertz CT molecular complexity index is 1020. The van der Waals surface area contributed by atoms with Gasteiger partial charge < -0.3 is 14.3 Å². The molecule has 1 aromatic heterocycles. The number of nitrogens with zero attached hydrogens (tertiary/aromatic N) is 3. The number of carbonyl (C=O) groups is 1. The van der Waals surface area contributed by atoms with E-state index in [0.717, 1.165) is 0 Å². The number of nitrogens with one attached hydrogen (secondary N) is 2. The Kier molecular flexibility index (Phi) is 6.39. The van der Waals surface area contributed by atoms with Crippen LogP contribution in [-0.2, 0) is 14.9 Å². The monoisotopic (exact) mass is 439 g/mol. The first kappa shape index (κ1) is 20.7. The van der Waals surface area contributed by atoms with Crippen LogP contribution in [0.1, 0.15) is 5.56 Å². The SMILES string of the molecule is COc1cc(OC)nc(NC(=O)NS(=O)(=O)c2ccccc2C2=NOCCS2)n1. The lowest BCUT2D eigenvalue weighted by atomic mass is 10.2. The Labute approximate surface area is 170 Å². The lowest BCUT2D eigenvalue weighted by Gasteiger charge is -2.15. The van der Waals surface area contributed by atoms with Crippen LogP contribution in [0.4, 0.5) is 10.7 Å². The molecule has 0 atom stereocenters. The van der Waals surface area contributed by atoms with E-state index in [4.69, 9.17) is 14.3 Å². The fourth-order valence-corrected chi connectivity index (χ4v) is 4.26. The van der Waals surface area contributed by atoms with E-state index in [1.807, 2.05) is 4.72 Å². The highest BCUT2D eigenvalue weighted by Gasteiger charge is 2.25. The molecular weight excluding hydrogens is 422 g/mol. The van der Waals surface area contributed by atoms with Gasteiger partial charge in [0.2, 0.25) is 17.7 Å². The van der Waals surface area contributed by atoms with Crippen molar-refractivity contribution in [2.45, 2.75) is 4.90 Å². The highest BCUT2D eigenvalue weighted by atomic mass is 32.2. The Morgan fingerprint density at radius 3 is 2.48 bits per heavy atom. The molecule has 1 aliphatic heterocycles. The van der Waals surface area contributed by atoms with Crippen molar-refractivity contribution < 1.29 is 27.5 Å². The van der Waals surface area contributed by atoms with E-state index in [2.05, 4.69) is 20.4 Å². The zero-order valence-electron chi connectivity index (χ0n) is 15.4. The molecule has 2 aromatic rings. The van der Waals surface area contributed by atoms with Gasteiger partial charge in [-0.1, -0.05) is 35.1 Å². The molecule has 11 nitrogen and oxygen atoms in total. The van der Waals surface area contributed by atoms with Crippen LogP contribution in [0, 0.1) is 0 Å². The predicted molar refractivity (Wildman–Crippen MR) is 106 cm³/mol. The zero-order chi connectivity index (χ0) is 20.9. The molecule has 154 valence electrons. The van der Waals surface area contributed by atoms with Gasteiger partial charge in [-0.15, -0.1) is 0 Å². The van der Waals surface area contributed by atoms with Gasteiger partial charge in [-0.25, -0.2) is 17.9 Å². The van der Waals surface area contributed by atoms with Gasteiger partial charge in [0.1, 0.15) is 11.7 Å². The van der Waals surface area contributed by atoms with E-state index < -0.39 is 16.1 Å². The van der Waals surface area contributed by atoms with Crippen LogP contribution in [0.5, 0.6) is 11.8 Å². The number of hydrogen-bond acceptors (Lipinski definition) is 10. The largest absolute Gasteiger partial charge is 0.481 e. The number of anilines is 1. The highest BCUT2D eigenvalue weighted by molar-refractivity contribution is 8.14. The molecule has 0 saturated carbocycles. The summed E-state index contributed by atoms with van der Waals surface area (Å²) in [4.78, 5) is 25.0. The average Bonchev–Trinajstić information content (AvgIpc) is 2.73. The summed E-state index contributed by atoms with van der Waals surface area (Å²) in [6.45, 7) is 0.438. The summed E-state index contributed by atoms with van der Waals surface area (Å²) >= 11 is 1.36. The van der Waals surface area contributed by atoms with Crippen molar-refractivity contribution in [3.05, 3.63) is 35.9 Å². The third kappa shape index (κ3) is 5.06. The molecule has 2 N–H and O–H groups in total. The third-order valence-corrected chi connectivity index (χ3v) is 5.85. The molecular formula is C16H17N5O6S2. The van der Waals surface area contributed by atoms with Gasteiger partial charge in [-0.05, 0) is 6.07 Å². The van der Waals surface area contributed by atoms with Gasteiger partial charge in [-0.3, -0.25) is 5.32 Å². The summed E-state index contributed by atoms with van der Waals surface area (Å²) in [6.07, 6.45) is 0. The van der Waals surface area contributed by atoms with E-state index in [1.165, 1.54) is 38.1 Å². The van der Waals surface area contributed by atoms with Crippen molar-refractivity contribution in [3.63, 3.8) is 0 Å². The van der Waals surface area contributed by atoms with Gasteiger partial charge in [0, 0.05) is 11.3 Å². The number of sulfonamides is 1. The first-order chi connectivity index (χ1) is 13.9. The Balaban J connectivity index is 1.82. The molecule has 0 saturated heterocycles. The predicted octanol–water partition coefficient (Wildman–Crippen LogP) is 1.43. The minimum absolute atomic E-state index is 0.115. The minimum atomic E-state index is -4.22. The molecule has 0 aliphatic carbocycles. The van der Waals surface area contributed by atoms with Crippen molar-refractivity contribution in [3.8, 4) is 11.8 Å². The van der Waals surface area contributed by atoms with Crippen LogP contribution in [0.2, 0.25) is 0 Å². The molecule has 2 heterocycles. The van der Waals surface area contributed by atoms with Crippen molar-refractivity contribution in [2.24, 2.45) is 5.16 Å². The molecule has 2 amide bonds. The number of carbonyl (C=O) groups excluding carboxylic acids is 1. The second kappa shape index (κ2) is 8.96. The number of amides is 2. The fourth-order valence-electron chi connectivity index (χ4n) is 2.28. The normalized spacial score (nSPS) is 13.7. The minimum Gasteiger partial charge on any atom is -0.481 e. The summed E-state index contributed by atoms with van der Waals surface area (Å²) in [7, 11) is -1.47. The summed E-state index contributed by atoms with van der Waals surface area (Å²) in [6, 6.07) is 6.52. The molecule has 0 fully saturated rings. The van der Waals surface area contributed by atoms with Crippen molar-refractivity contribution in [1.82, 2.24) is 14.7 Å². The highest BCUT2D eigenvalue weighted by Crippen LogP contribution is 2.24. The van der Waals surface area contributed by atoms with Crippen molar-refractivity contribution in [2.75, 3.05) is 31.9 Å². The number of ether oxygens (including phenoxy) is 2. The van der Waals surface area contributed by atoms with Crippen LogP contribution in [-0.4, -0.2) is 56.0 Å². The number of rotatable bonds is 6. The van der Waals surface area contributed by atoms with Gasteiger partial charge in [0.15, 0.2) is 0 Å². The molecule has 0 unspecified atom stereocenters. The molecule has 13 heteroatoms. The van der Waals surface area contributed by atoms with Crippen molar-refractivity contribution >= 4 is 38.8 Å². The first-order valence-electron chi connectivity index (χ1n) is 8.16. The summed E-state index contributed by atoms with van der Waals surface area (Å²) in [5.74, 6) is 0.707. The maximum absolute atomic E-state index is 12.8. The van der Waals surface area contributed by atoms with Crippen LogP contribution in [0.15, 0.2) is 40.4 Å². The van der Waals surface area contributed by atoms with E-state index in [9.17, 15) is 13.2 Å². The molecule has 0 spiro atoms. The van der Waals surface area contributed by atoms with E-state index >= 15 is 0 Å². The topological polar surface area (TPSA) is 141 Å². The Hall–Kier alpha value is -3.06. The van der Waals surface area contributed by atoms with Crippen LogP contribution in [0.3, 0.4) is 0 Å². The molecule has 3 rings (SSSR count). The molecule has 29 heavy (non-hydrogen) atoms. The number of benzene rings is 1. The number of aromatic nitrogens is 2. The number of hydrogen-bond donors (Lipinski definition) is 2. The second-order valence-electron chi connectivity index (χ2n) is 5.41. The lowest BCUT2D eigenvalue weighted by Crippen LogP contribution is -2.35. The van der Waals surface area contributed by atoms with Crippen LogP contribution >= 0.6 is 11.8 Å². The van der Waals surface area contributed by atoms with Crippen LogP contribution < -0.4 is 19.5 Å². The maximum Gasteiger partial charge on any atom is 0.335 e. The number of urea groups is 1. The summed E-state index contributed by atoms with van der Waals surface area (Å²) in [5, 5.41) is 6.56. The Morgan fingerprint density at radius 1 is 1.17 bits per heavy atom. The average molecular weight is 439 g/mol. The quantitative estimate of drug-likeness (QED) is 0.683. The maximum atomic E-state index is 12.8. The summed E-state index contributed by atoms with van der Waals surface area (Å²) in [5.41, 5.74) is 0.330. The number of oxime groups is 1. The van der Waals surface area contributed by atoms with E-state index in [-0.39, 0.29) is 22.6 Å². The second-order valence-corrected chi connectivity index (χ2v) is 8.14. The first-order valence-corrected chi connectivity index (χ1v) is 10.6. The fraction of sp³-hybridized carbons (Fsp3) is 0.250. The molecule has 1 aromatic carbocycles. The van der Waals surface area contributed by atoms with Crippen molar-refractivity contribution in [1.29, 1.82) is 0 Å². The number of thioether (sulfide) groups is 1. The number of methoxy groups -OCH3 is 2. The van der Waals surface area contributed by atoms with Gasteiger partial charge in [-0.2, -0.15) is 9.97 Å². The molecule has 1 aliphatic rings. The lowest BCUT2D eigenvalue weighted by molar-refractivity contribution is 0.160. The zero-order valence-corrected chi connectivity index (χ0v) is 17.0. The van der Waals surface area contributed by atoms with E-state index in [0.29, 0.717) is 23.0 Å². The Morgan fingerprint density at radius 2 is 1.86 bits per heavy atom. The molecule has 0 bridgehead atoms. The van der Waals surface area contributed by atoms with Gasteiger partial charge in [0.05, 0.1) is 25.2 Å². The van der Waals surface area contributed by atoms with E-state index in [1.54, 1.807) is 18.2 Å². The smallest absolute Gasteiger partial charge is 0.335 e. The van der Waals surface area contributed by atoms with Crippen LogP contribution in [0.25, 0.3) is 0 Å². The van der Waals surface area contributed by atoms with Gasteiger partial charge in [0.25, 0.3) is 10.0 Å². The van der Waals surface area contributed by atoms with Gasteiger partial charge >= 0.3 is 6.03 Å². The standard InChI is InChI=1S/C16H17N5O6S2/c1-25-12-9-13(26-2)18-15(17-12)19-16(22)21-29(23,24)11-6-4-3-5-10(11)14-20-27-7-8-28-14/h3-6,9H,7-8H2,1-2H3,(H2,17,18,19,21,22).